The van der Waals surface area contributed by atoms with Crippen LogP contribution in [0, 0.1) is 35.5 Å². The highest BCUT2D eigenvalue weighted by molar-refractivity contribution is 5.91. The van der Waals surface area contributed by atoms with Crippen LogP contribution in [0.5, 0.6) is 0 Å². The van der Waals surface area contributed by atoms with Crippen molar-refractivity contribution < 1.29 is 29.0 Å². The Labute approximate surface area is 109 Å². The molecule has 0 spiro atoms. The van der Waals surface area contributed by atoms with E-state index in [1.165, 1.54) is 0 Å². The number of esters is 3. The third-order valence-corrected chi connectivity index (χ3v) is 5.40. The van der Waals surface area contributed by atoms with Crippen LogP contribution in [0.3, 0.4) is 0 Å². The van der Waals surface area contributed by atoms with Gasteiger partial charge in [-0.15, -0.1) is 0 Å². The van der Waals surface area contributed by atoms with Crippen LogP contribution < -0.4 is 0 Å². The van der Waals surface area contributed by atoms with Crippen molar-refractivity contribution in [1.29, 1.82) is 0 Å². The molecule has 5 aliphatic rings. The van der Waals surface area contributed by atoms with Crippen LogP contribution >= 0.6 is 0 Å². The molecular weight excluding hydrogens is 252 g/mol. The fourth-order valence-corrected chi connectivity index (χ4v) is 4.83. The van der Waals surface area contributed by atoms with Crippen molar-refractivity contribution >= 4 is 17.9 Å². The molecule has 102 valence electrons. The van der Waals surface area contributed by atoms with E-state index in [0.29, 0.717) is 0 Å². The number of fused-ring (bicyclic) bond motifs is 1. The molecule has 0 radical (unpaired) electrons. The van der Waals surface area contributed by atoms with Crippen LogP contribution in [-0.2, 0) is 23.9 Å². The topological polar surface area (TPSA) is 89.9 Å². The normalized spacial score (nSPS) is 51.4. The van der Waals surface area contributed by atoms with Gasteiger partial charge in [-0.2, -0.15) is 0 Å². The Kier molecular flexibility index (Phi) is 2.14. The van der Waals surface area contributed by atoms with Gasteiger partial charge in [0, 0.05) is 12.3 Å². The van der Waals surface area contributed by atoms with Crippen LogP contribution in [0.1, 0.15) is 19.3 Å². The second kappa shape index (κ2) is 3.56. The van der Waals surface area contributed by atoms with Crippen LogP contribution in [0.2, 0.25) is 0 Å². The lowest BCUT2D eigenvalue weighted by molar-refractivity contribution is -0.191. The van der Waals surface area contributed by atoms with Crippen molar-refractivity contribution in [3.05, 3.63) is 0 Å². The van der Waals surface area contributed by atoms with Crippen molar-refractivity contribution in [2.75, 3.05) is 0 Å². The summed E-state index contributed by atoms with van der Waals surface area (Å²) in [5.74, 6) is -2.69. The Balaban J connectivity index is 1.77. The number of hydrogen-bond donors (Lipinski definition) is 1. The van der Waals surface area contributed by atoms with Gasteiger partial charge in [0.05, 0.1) is 11.8 Å². The fraction of sp³-hybridized carbons (Fsp3) is 0.769. The first-order valence-corrected chi connectivity index (χ1v) is 6.71. The van der Waals surface area contributed by atoms with E-state index in [0.717, 1.165) is 12.8 Å². The average molecular weight is 266 g/mol. The smallest absolute Gasteiger partial charge is 0.317 e. The van der Waals surface area contributed by atoms with Gasteiger partial charge in [-0.25, -0.2) is 0 Å². The number of cyclic esters (lactones) is 3. The Morgan fingerprint density at radius 3 is 2.47 bits per heavy atom. The zero-order valence-corrected chi connectivity index (χ0v) is 10.2. The van der Waals surface area contributed by atoms with E-state index in [2.05, 4.69) is 0 Å². The lowest BCUT2D eigenvalue weighted by atomic mass is 9.49. The molecule has 2 heterocycles. The molecule has 19 heavy (non-hydrogen) atoms. The first-order valence-electron chi connectivity index (χ1n) is 6.71. The summed E-state index contributed by atoms with van der Waals surface area (Å²) in [4.78, 5) is 35.2. The summed E-state index contributed by atoms with van der Waals surface area (Å²) >= 11 is 0. The summed E-state index contributed by atoms with van der Waals surface area (Å²) in [6.07, 6.45) is 0.723. The summed E-state index contributed by atoms with van der Waals surface area (Å²) in [6, 6.07) is 0. The number of carbonyl (C=O) groups excluding carboxylic acids is 3. The van der Waals surface area contributed by atoms with E-state index >= 15 is 0 Å². The Bertz CT molecular complexity index is 486. The number of ether oxygens (including phenoxy) is 2. The standard InChI is InChI=1S/C13H14O6/c14-7-3-6-4-1-2-5(8(6)11(15)18-7)10-9(4)12(16)19-13(10)17/h4-6,8-10,12,16H,1-3H2. The van der Waals surface area contributed by atoms with Gasteiger partial charge in [0.1, 0.15) is 0 Å². The van der Waals surface area contributed by atoms with Gasteiger partial charge in [0.15, 0.2) is 0 Å². The highest BCUT2D eigenvalue weighted by Gasteiger charge is 2.65. The predicted octanol–water partition coefficient (Wildman–Crippen LogP) is -0.160. The second-order valence-corrected chi connectivity index (χ2v) is 6.02. The van der Waals surface area contributed by atoms with E-state index < -0.39 is 30.1 Å². The minimum absolute atomic E-state index is 0.00162. The molecule has 0 aromatic rings. The molecule has 6 heteroatoms. The van der Waals surface area contributed by atoms with E-state index in [1.807, 2.05) is 0 Å². The maximum absolute atomic E-state index is 11.9. The van der Waals surface area contributed by atoms with Crippen LogP contribution in [0.15, 0.2) is 0 Å². The molecular formula is C13H14O6. The third-order valence-electron chi connectivity index (χ3n) is 5.40. The van der Waals surface area contributed by atoms with Gasteiger partial charge in [-0.3, -0.25) is 14.4 Å². The zero-order chi connectivity index (χ0) is 13.3. The zero-order valence-electron chi connectivity index (χ0n) is 10.2. The highest BCUT2D eigenvalue weighted by atomic mass is 16.6. The monoisotopic (exact) mass is 266 g/mol. The molecule has 2 bridgehead atoms. The molecule has 2 aliphatic heterocycles. The third kappa shape index (κ3) is 1.32. The molecule has 1 N–H and O–H groups in total. The number of hydrogen-bond acceptors (Lipinski definition) is 6. The minimum Gasteiger partial charge on any atom is -0.435 e. The molecule has 3 aliphatic carbocycles. The SMILES string of the molecule is O=C1CC2C3CCC(C2C(=O)O1)C1C(=O)OC(O)C31. The van der Waals surface area contributed by atoms with Gasteiger partial charge in [-0.1, -0.05) is 0 Å². The first kappa shape index (κ1) is 11.4. The van der Waals surface area contributed by atoms with Gasteiger partial charge in [-0.05, 0) is 30.6 Å². The lowest BCUT2D eigenvalue weighted by Crippen LogP contribution is -2.57. The number of carbonyl (C=O) groups is 3. The maximum atomic E-state index is 11.9. The van der Waals surface area contributed by atoms with E-state index in [1.54, 1.807) is 0 Å². The summed E-state index contributed by atoms with van der Waals surface area (Å²) in [7, 11) is 0. The fourth-order valence-electron chi connectivity index (χ4n) is 4.83. The van der Waals surface area contributed by atoms with E-state index in [-0.39, 0.29) is 36.0 Å². The molecule has 5 rings (SSSR count). The van der Waals surface area contributed by atoms with Crippen molar-refractivity contribution in [2.45, 2.75) is 25.6 Å². The predicted molar refractivity (Wildman–Crippen MR) is 58.0 cm³/mol. The Morgan fingerprint density at radius 2 is 1.68 bits per heavy atom. The molecule has 0 amide bonds. The quantitative estimate of drug-likeness (QED) is 0.484. The van der Waals surface area contributed by atoms with Crippen LogP contribution in [0.4, 0.5) is 0 Å². The first-order chi connectivity index (χ1) is 9.08. The van der Waals surface area contributed by atoms with Crippen LogP contribution in [0.25, 0.3) is 0 Å². The van der Waals surface area contributed by atoms with Crippen LogP contribution in [-0.4, -0.2) is 29.3 Å². The number of aliphatic hydroxyl groups is 1. The van der Waals surface area contributed by atoms with Gasteiger partial charge in [0.25, 0.3) is 0 Å². The summed E-state index contributed by atoms with van der Waals surface area (Å²) in [5.41, 5.74) is 0. The van der Waals surface area contributed by atoms with Crippen molar-refractivity contribution in [2.24, 2.45) is 35.5 Å². The van der Waals surface area contributed by atoms with E-state index in [9.17, 15) is 19.5 Å². The largest absolute Gasteiger partial charge is 0.435 e. The molecule has 7 atom stereocenters. The lowest BCUT2D eigenvalue weighted by Gasteiger charge is -2.53. The van der Waals surface area contributed by atoms with E-state index in [4.69, 9.17) is 9.47 Å². The molecule has 0 aromatic carbocycles. The molecule has 7 unspecified atom stereocenters. The summed E-state index contributed by atoms with van der Waals surface area (Å²) in [6.45, 7) is 0. The average Bonchev–Trinajstić information content (AvgIpc) is 2.66. The number of rotatable bonds is 0. The van der Waals surface area contributed by atoms with Crippen molar-refractivity contribution in [3.63, 3.8) is 0 Å². The van der Waals surface area contributed by atoms with Crippen molar-refractivity contribution in [1.82, 2.24) is 0 Å². The summed E-state index contributed by atoms with van der Waals surface area (Å²) in [5, 5.41) is 9.89. The molecule has 3 saturated carbocycles. The van der Waals surface area contributed by atoms with Gasteiger partial charge < -0.3 is 14.6 Å². The molecule has 5 fully saturated rings. The molecule has 0 aromatic heterocycles. The summed E-state index contributed by atoms with van der Waals surface area (Å²) < 4.78 is 9.66. The number of aliphatic hydroxyl groups excluding tert-OH is 1. The Hall–Kier alpha value is -1.43. The Morgan fingerprint density at radius 1 is 0.947 bits per heavy atom. The van der Waals surface area contributed by atoms with Crippen molar-refractivity contribution in [3.8, 4) is 0 Å². The maximum Gasteiger partial charge on any atom is 0.317 e. The van der Waals surface area contributed by atoms with Gasteiger partial charge >= 0.3 is 17.9 Å². The van der Waals surface area contributed by atoms with Gasteiger partial charge in [0.2, 0.25) is 6.29 Å². The minimum atomic E-state index is -1.08. The second-order valence-electron chi connectivity index (χ2n) is 6.02. The molecule has 6 nitrogen and oxygen atoms in total. The highest BCUT2D eigenvalue weighted by Crippen LogP contribution is 2.60. The molecule has 2 saturated heterocycles.